The third-order valence-corrected chi connectivity index (χ3v) is 5.47. The number of nitrogens with two attached hydrogens (primary N) is 1. The first-order chi connectivity index (χ1) is 12.0. The summed E-state index contributed by atoms with van der Waals surface area (Å²) in [4.78, 5) is 28.5. The zero-order chi connectivity index (χ0) is 18.0. The molecule has 2 aliphatic rings. The molecule has 2 N–H and O–H groups in total. The molecule has 1 aromatic rings. The lowest BCUT2D eigenvalue weighted by molar-refractivity contribution is -0.135. The summed E-state index contributed by atoms with van der Waals surface area (Å²) < 4.78 is 0. The van der Waals surface area contributed by atoms with Gasteiger partial charge in [0.25, 0.3) is 0 Å². The van der Waals surface area contributed by atoms with Gasteiger partial charge in [0.05, 0.1) is 12.5 Å². The van der Waals surface area contributed by atoms with Crippen molar-refractivity contribution in [1.82, 2.24) is 9.80 Å². The van der Waals surface area contributed by atoms with Gasteiger partial charge >= 0.3 is 0 Å². The number of rotatable bonds is 3. The van der Waals surface area contributed by atoms with Crippen LogP contribution in [0.4, 0.5) is 0 Å². The summed E-state index contributed by atoms with van der Waals surface area (Å²) in [6.07, 6.45) is 5.97. The molecule has 2 amide bonds. The molecule has 2 heterocycles. The first kappa shape index (κ1) is 17.7. The van der Waals surface area contributed by atoms with Crippen molar-refractivity contribution in [3.8, 4) is 0 Å². The quantitative estimate of drug-likeness (QED) is 0.919. The number of hydrogen-bond donors (Lipinski definition) is 1. The molecule has 2 aliphatic heterocycles. The number of amides is 2. The highest BCUT2D eigenvalue weighted by Crippen LogP contribution is 2.33. The van der Waals surface area contributed by atoms with Crippen LogP contribution in [0.5, 0.6) is 0 Å². The molecule has 0 aromatic heterocycles. The summed E-state index contributed by atoms with van der Waals surface area (Å²) in [5, 5.41) is 0. The Morgan fingerprint density at radius 2 is 1.92 bits per heavy atom. The lowest BCUT2D eigenvalue weighted by Gasteiger charge is -2.37. The summed E-state index contributed by atoms with van der Waals surface area (Å²) in [5.41, 5.74) is 8.11. The van der Waals surface area contributed by atoms with Crippen LogP contribution in [-0.4, -0.2) is 40.7 Å². The van der Waals surface area contributed by atoms with E-state index in [1.165, 1.54) is 0 Å². The monoisotopic (exact) mass is 341 g/mol. The number of carbonyl (C=O) groups excluding carboxylic acids is 2. The normalized spacial score (nSPS) is 21.8. The average molecular weight is 341 g/mol. The minimum Gasteiger partial charge on any atom is -0.343 e. The second kappa shape index (κ2) is 7.40. The van der Waals surface area contributed by atoms with E-state index in [0.29, 0.717) is 12.3 Å². The standard InChI is InChI=1S/C20H27N3O2/c1-14(21)16-7-10-22(11-8-16)20(25)13-19-18-6-4-3-5-17(18)9-12-23(19)15(2)24/h3-6,9,12,14,16,19H,7-8,10-11,13,21H2,1-2H3. The van der Waals surface area contributed by atoms with E-state index in [1.807, 2.05) is 42.2 Å². The number of nitrogens with zero attached hydrogens (tertiary/aromatic N) is 2. The van der Waals surface area contributed by atoms with Crippen LogP contribution in [-0.2, 0) is 9.59 Å². The van der Waals surface area contributed by atoms with E-state index < -0.39 is 0 Å². The predicted molar refractivity (Wildman–Crippen MR) is 98.3 cm³/mol. The molecule has 134 valence electrons. The van der Waals surface area contributed by atoms with Crippen molar-refractivity contribution in [3.63, 3.8) is 0 Å². The van der Waals surface area contributed by atoms with Crippen LogP contribution in [0, 0.1) is 5.92 Å². The number of likely N-dealkylation sites (tertiary alicyclic amines) is 1. The first-order valence-corrected chi connectivity index (χ1v) is 9.06. The van der Waals surface area contributed by atoms with E-state index in [1.54, 1.807) is 18.0 Å². The van der Waals surface area contributed by atoms with E-state index >= 15 is 0 Å². The van der Waals surface area contributed by atoms with Gasteiger partial charge in [-0.05, 0) is 42.9 Å². The highest BCUT2D eigenvalue weighted by molar-refractivity contribution is 5.82. The lowest BCUT2D eigenvalue weighted by atomic mass is 9.90. The Balaban J connectivity index is 1.73. The fourth-order valence-corrected chi connectivity index (χ4v) is 3.88. The van der Waals surface area contributed by atoms with Crippen LogP contribution in [0.2, 0.25) is 0 Å². The summed E-state index contributed by atoms with van der Waals surface area (Å²) in [7, 11) is 0. The molecule has 25 heavy (non-hydrogen) atoms. The number of carbonyl (C=O) groups is 2. The zero-order valence-electron chi connectivity index (χ0n) is 15.0. The second-order valence-corrected chi connectivity index (χ2v) is 7.17. The zero-order valence-corrected chi connectivity index (χ0v) is 15.0. The Labute approximate surface area is 149 Å². The van der Waals surface area contributed by atoms with Gasteiger partial charge in [-0.1, -0.05) is 24.3 Å². The van der Waals surface area contributed by atoms with E-state index in [2.05, 4.69) is 0 Å². The molecule has 1 aromatic carbocycles. The molecule has 0 aliphatic carbocycles. The van der Waals surface area contributed by atoms with Gasteiger partial charge in [0.15, 0.2) is 0 Å². The minimum atomic E-state index is -0.225. The van der Waals surface area contributed by atoms with Crippen LogP contribution < -0.4 is 5.73 Å². The molecule has 1 saturated heterocycles. The maximum Gasteiger partial charge on any atom is 0.225 e. The molecule has 2 unspecified atom stereocenters. The molecular weight excluding hydrogens is 314 g/mol. The van der Waals surface area contributed by atoms with Gasteiger partial charge < -0.3 is 15.5 Å². The van der Waals surface area contributed by atoms with Crippen LogP contribution >= 0.6 is 0 Å². The largest absolute Gasteiger partial charge is 0.343 e. The molecule has 0 saturated carbocycles. The lowest BCUT2D eigenvalue weighted by Crippen LogP contribution is -2.44. The van der Waals surface area contributed by atoms with E-state index in [9.17, 15) is 9.59 Å². The Morgan fingerprint density at radius 3 is 2.56 bits per heavy atom. The molecule has 1 fully saturated rings. The maximum absolute atomic E-state index is 12.9. The van der Waals surface area contributed by atoms with Crippen molar-refractivity contribution in [1.29, 1.82) is 0 Å². The highest BCUT2D eigenvalue weighted by atomic mass is 16.2. The number of benzene rings is 1. The maximum atomic E-state index is 12.9. The van der Waals surface area contributed by atoms with Crippen molar-refractivity contribution < 1.29 is 9.59 Å². The Morgan fingerprint density at radius 1 is 1.24 bits per heavy atom. The Hall–Kier alpha value is -2.14. The van der Waals surface area contributed by atoms with Crippen molar-refractivity contribution in [2.75, 3.05) is 13.1 Å². The average Bonchev–Trinajstić information content (AvgIpc) is 2.61. The Kier molecular flexibility index (Phi) is 5.23. The minimum absolute atomic E-state index is 0.0424. The molecule has 0 radical (unpaired) electrons. The van der Waals surface area contributed by atoms with E-state index in [4.69, 9.17) is 5.73 Å². The second-order valence-electron chi connectivity index (χ2n) is 7.17. The molecule has 3 rings (SSSR count). The molecule has 0 bridgehead atoms. The van der Waals surface area contributed by atoms with Gasteiger partial charge in [0, 0.05) is 32.3 Å². The molecule has 5 nitrogen and oxygen atoms in total. The fraction of sp³-hybridized carbons (Fsp3) is 0.500. The van der Waals surface area contributed by atoms with Gasteiger partial charge in [0.2, 0.25) is 11.8 Å². The van der Waals surface area contributed by atoms with Gasteiger partial charge in [-0.2, -0.15) is 0 Å². The van der Waals surface area contributed by atoms with Crippen LogP contribution in [0.15, 0.2) is 30.5 Å². The van der Waals surface area contributed by atoms with E-state index in [0.717, 1.165) is 37.1 Å². The van der Waals surface area contributed by atoms with Crippen molar-refractivity contribution >= 4 is 17.9 Å². The Bertz CT molecular complexity index is 675. The SMILES string of the molecule is CC(=O)N1C=Cc2ccccc2C1CC(=O)N1CCC(C(C)N)CC1. The van der Waals surface area contributed by atoms with Crippen LogP contribution in [0.1, 0.15) is 50.3 Å². The fourth-order valence-electron chi connectivity index (χ4n) is 3.88. The predicted octanol–water partition coefficient (Wildman–Crippen LogP) is 2.54. The highest BCUT2D eigenvalue weighted by Gasteiger charge is 2.31. The summed E-state index contributed by atoms with van der Waals surface area (Å²) >= 11 is 0. The van der Waals surface area contributed by atoms with Gasteiger partial charge in [-0.15, -0.1) is 0 Å². The first-order valence-electron chi connectivity index (χ1n) is 9.06. The molecular formula is C20H27N3O2. The smallest absolute Gasteiger partial charge is 0.225 e. The molecule has 0 spiro atoms. The van der Waals surface area contributed by atoms with Gasteiger partial charge in [-0.25, -0.2) is 0 Å². The van der Waals surface area contributed by atoms with E-state index in [-0.39, 0.29) is 23.9 Å². The topological polar surface area (TPSA) is 66.6 Å². The van der Waals surface area contributed by atoms with Crippen molar-refractivity contribution in [3.05, 3.63) is 41.6 Å². The third kappa shape index (κ3) is 3.76. The number of piperidine rings is 1. The number of fused-ring (bicyclic) bond motifs is 1. The van der Waals surface area contributed by atoms with Gasteiger partial charge in [-0.3, -0.25) is 9.59 Å². The summed E-state index contributed by atoms with van der Waals surface area (Å²) in [5.74, 6) is 0.569. The summed E-state index contributed by atoms with van der Waals surface area (Å²) in [6.45, 7) is 5.10. The third-order valence-electron chi connectivity index (χ3n) is 5.47. The van der Waals surface area contributed by atoms with Crippen LogP contribution in [0.3, 0.4) is 0 Å². The number of hydrogen-bond acceptors (Lipinski definition) is 3. The van der Waals surface area contributed by atoms with Crippen LogP contribution in [0.25, 0.3) is 6.08 Å². The van der Waals surface area contributed by atoms with Crippen molar-refractivity contribution in [2.45, 2.75) is 45.2 Å². The molecule has 2 atom stereocenters. The van der Waals surface area contributed by atoms with Gasteiger partial charge in [0.1, 0.15) is 0 Å². The summed E-state index contributed by atoms with van der Waals surface area (Å²) in [6, 6.07) is 7.93. The van der Waals surface area contributed by atoms with Crippen molar-refractivity contribution in [2.24, 2.45) is 11.7 Å². The molecule has 5 heteroatoms.